The number of hydrazine groups is 1. The molecule has 2 N–H and O–H groups in total. The molecule has 148 valence electrons. The van der Waals surface area contributed by atoms with Gasteiger partial charge in [-0.1, -0.05) is 25.8 Å². The predicted molar refractivity (Wildman–Crippen MR) is 105 cm³/mol. The zero-order chi connectivity index (χ0) is 19.6. The van der Waals surface area contributed by atoms with Crippen molar-refractivity contribution in [3.63, 3.8) is 0 Å². The third-order valence-electron chi connectivity index (χ3n) is 4.51. The summed E-state index contributed by atoms with van der Waals surface area (Å²) < 4.78 is 11.0. The molecule has 6 nitrogen and oxygen atoms in total. The molecule has 0 atom stereocenters. The molecular weight excluding hydrogens is 344 g/mol. The van der Waals surface area contributed by atoms with Gasteiger partial charge < -0.3 is 9.47 Å². The molecule has 0 spiro atoms. The van der Waals surface area contributed by atoms with E-state index in [1.165, 1.54) is 13.5 Å². The highest BCUT2D eigenvalue weighted by molar-refractivity contribution is 5.97. The molecule has 1 aliphatic rings. The van der Waals surface area contributed by atoms with E-state index in [1.807, 2.05) is 0 Å². The largest absolute Gasteiger partial charge is 0.493 e. The average molecular weight is 374 g/mol. The third-order valence-corrected chi connectivity index (χ3v) is 4.51. The van der Waals surface area contributed by atoms with Gasteiger partial charge in [0.05, 0.1) is 13.7 Å². The molecule has 1 aromatic carbocycles. The molecule has 27 heavy (non-hydrogen) atoms. The molecule has 0 aliphatic heterocycles. The number of nitrogens with one attached hydrogen (secondary N) is 2. The van der Waals surface area contributed by atoms with Crippen molar-refractivity contribution in [1.82, 2.24) is 10.9 Å². The Morgan fingerprint density at radius 3 is 2.52 bits per heavy atom. The highest BCUT2D eigenvalue weighted by Crippen LogP contribution is 2.28. The first kappa shape index (κ1) is 20.8. The van der Waals surface area contributed by atoms with Crippen molar-refractivity contribution in [2.24, 2.45) is 5.92 Å². The molecule has 1 fully saturated rings. The topological polar surface area (TPSA) is 76.7 Å². The number of carbonyl (C=O) groups is 2. The van der Waals surface area contributed by atoms with Crippen LogP contribution < -0.4 is 20.3 Å². The molecule has 2 amide bonds. The normalized spacial score (nSPS) is 13.9. The van der Waals surface area contributed by atoms with E-state index in [0.717, 1.165) is 37.7 Å². The van der Waals surface area contributed by atoms with Crippen LogP contribution in [0.5, 0.6) is 11.5 Å². The lowest BCUT2D eigenvalue weighted by Gasteiger charge is -2.14. The number of ether oxygens (including phenoxy) is 2. The number of rotatable bonds is 7. The third kappa shape index (κ3) is 6.96. The van der Waals surface area contributed by atoms with E-state index in [1.54, 1.807) is 24.3 Å². The molecule has 0 bridgehead atoms. The summed E-state index contributed by atoms with van der Waals surface area (Å²) in [6, 6.07) is 4.96. The Bertz CT molecular complexity index is 675. The first-order valence-electron chi connectivity index (χ1n) is 9.60. The molecule has 1 aromatic rings. The number of amides is 2. The van der Waals surface area contributed by atoms with Gasteiger partial charge in [-0.05, 0) is 56.2 Å². The van der Waals surface area contributed by atoms with E-state index in [0.29, 0.717) is 29.6 Å². The van der Waals surface area contributed by atoms with Crippen molar-refractivity contribution in [3.8, 4) is 11.5 Å². The van der Waals surface area contributed by atoms with Gasteiger partial charge >= 0.3 is 0 Å². The number of hydrogen-bond donors (Lipinski definition) is 2. The van der Waals surface area contributed by atoms with Crippen LogP contribution in [0.25, 0.3) is 0 Å². The predicted octanol–water partition coefficient (Wildman–Crippen LogP) is 3.77. The van der Waals surface area contributed by atoms with Crippen molar-refractivity contribution in [2.45, 2.75) is 52.4 Å². The second kappa shape index (κ2) is 10.6. The van der Waals surface area contributed by atoms with Crippen LogP contribution in [-0.2, 0) is 4.79 Å². The Morgan fingerprint density at radius 1 is 1.11 bits per heavy atom. The molecular formula is C21H30N2O4. The van der Waals surface area contributed by atoms with Gasteiger partial charge in [-0.2, -0.15) is 0 Å². The maximum absolute atomic E-state index is 12.3. The van der Waals surface area contributed by atoms with Gasteiger partial charge in [-0.3, -0.25) is 20.4 Å². The van der Waals surface area contributed by atoms with Crippen molar-refractivity contribution < 1.29 is 19.1 Å². The minimum absolute atomic E-state index is 0.305. The smallest absolute Gasteiger partial charge is 0.269 e. The minimum Gasteiger partial charge on any atom is -0.493 e. The van der Waals surface area contributed by atoms with Crippen LogP contribution in [0, 0.1) is 5.92 Å². The van der Waals surface area contributed by atoms with E-state index in [9.17, 15) is 9.59 Å². The number of methoxy groups -OCH3 is 1. The minimum atomic E-state index is -0.405. The van der Waals surface area contributed by atoms with Crippen LogP contribution in [0.3, 0.4) is 0 Å². The lowest BCUT2D eigenvalue weighted by atomic mass is 9.95. The van der Waals surface area contributed by atoms with Gasteiger partial charge in [0.1, 0.15) is 0 Å². The van der Waals surface area contributed by atoms with E-state index < -0.39 is 5.91 Å². The zero-order valence-corrected chi connectivity index (χ0v) is 16.5. The summed E-state index contributed by atoms with van der Waals surface area (Å²) >= 11 is 0. The summed E-state index contributed by atoms with van der Waals surface area (Å²) in [6.45, 7) is 4.85. The second-order valence-corrected chi connectivity index (χ2v) is 7.20. The molecule has 1 saturated carbocycles. The fraction of sp³-hybridized carbons (Fsp3) is 0.524. The van der Waals surface area contributed by atoms with E-state index >= 15 is 0 Å². The van der Waals surface area contributed by atoms with Crippen LogP contribution in [0.2, 0.25) is 0 Å². The summed E-state index contributed by atoms with van der Waals surface area (Å²) in [4.78, 5) is 24.2. The van der Waals surface area contributed by atoms with Gasteiger partial charge in [-0.25, -0.2) is 0 Å². The Morgan fingerprint density at radius 2 is 1.85 bits per heavy atom. The molecule has 0 heterocycles. The second-order valence-electron chi connectivity index (χ2n) is 7.20. The average Bonchev–Trinajstić information content (AvgIpc) is 2.66. The summed E-state index contributed by atoms with van der Waals surface area (Å²) in [5.74, 6) is 0.925. The zero-order valence-electron chi connectivity index (χ0n) is 16.5. The summed E-state index contributed by atoms with van der Waals surface area (Å²) in [6.07, 6.45) is 7.90. The molecule has 0 aromatic heterocycles. The first-order valence-corrected chi connectivity index (χ1v) is 9.60. The van der Waals surface area contributed by atoms with E-state index in [-0.39, 0.29) is 5.91 Å². The standard InChI is InChI=1S/C21H30N2O4/c1-15(2)11-12-27-18-10-9-17(14-19(18)26-3)21(25)23-22-20(24)13-16-7-5-4-6-8-16/h9-10,13-15H,4-8,11-12H2,1-3H3,(H,22,24)(H,23,25). The Hall–Kier alpha value is -2.50. The van der Waals surface area contributed by atoms with E-state index in [2.05, 4.69) is 24.7 Å². The monoisotopic (exact) mass is 374 g/mol. The van der Waals surface area contributed by atoms with Gasteiger partial charge in [0.15, 0.2) is 11.5 Å². The maximum Gasteiger partial charge on any atom is 0.269 e. The number of hydrogen-bond acceptors (Lipinski definition) is 4. The van der Waals surface area contributed by atoms with Crippen molar-refractivity contribution in [3.05, 3.63) is 35.4 Å². The van der Waals surface area contributed by atoms with Crippen LogP contribution >= 0.6 is 0 Å². The fourth-order valence-corrected chi connectivity index (χ4v) is 2.89. The quantitative estimate of drug-likeness (QED) is 0.563. The molecule has 6 heteroatoms. The SMILES string of the molecule is COc1cc(C(=O)NNC(=O)C=C2CCCCC2)ccc1OCCC(C)C. The molecule has 2 rings (SSSR count). The Kier molecular flexibility index (Phi) is 8.17. The summed E-state index contributed by atoms with van der Waals surface area (Å²) in [5, 5.41) is 0. The van der Waals surface area contributed by atoms with Crippen molar-refractivity contribution in [2.75, 3.05) is 13.7 Å². The lowest BCUT2D eigenvalue weighted by Crippen LogP contribution is -2.41. The number of benzene rings is 1. The van der Waals surface area contributed by atoms with Crippen LogP contribution in [-0.4, -0.2) is 25.5 Å². The summed E-state index contributed by atoms with van der Waals surface area (Å²) in [7, 11) is 1.53. The van der Waals surface area contributed by atoms with Crippen LogP contribution in [0.4, 0.5) is 0 Å². The number of allylic oxidation sites excluding steroid dienone is 1. The fourth-order valence-electron chi connectivity index (χ4n) is 2.89. The lowest BCUT2D eigenvalue weighted by molar-refractivity contribution is -0.117. The van der Waals surface area contributed by atoms with Crippen molar-refractivity contribution in [1.29, 1.82) is 0 Å². The van der Waals surface area contributed by atoms with Gasteiger partial charge in [0.25, 0.3) is 11.8 Å². The Labute approximate surface area is 161 Å². The van der Waals surface area contributed by atoms with Crippen molar-refractivity contribution >= 4 is 11.8 Å². The van der Waals surface area contributed by atoms with E-state index in [4.69, 9.17) is 9.47 Å². The highest BCUT2D eigenvalue weighted by Gasteiger charge is 2.13. The van der Waals surface area contributed by atoms with Crippen LogP contribution in [0.15, 0.2) is 29.8 Å². The molecule has 0 unspecified atom stereocenters. The number of carbonyl (C=O) groups excluding carboxylic acids is 2. The maximum atomic E-state index is 12.3. The van der Waals surface area contributed by atoms with Crippen LogP contribution in [0.1, 0.15) is 62.7 Å². The Balaban J connectivity index is 1.90. The van der Waals surface area contributed by atoms with Gasteiger partial charge in [-0.15, -0.1) is 0 Å². The summed E-state index contributed by atoms with van der Waals surface area (Å²) in [5.41, 5.74) is 6.40. The highest BCUT2D eigenvalue weighted by atomic mass is 16.5. The van der Waals surface area contributed by atoms with Gasteiger partial charge in [0, 0.05) is 11.6 Å². The van der Waals surface area contributed by atoms with Gasteiger partial charge in [0.2, 0.25) is 0 Å². The molecule has 0 radical (unpaired) electrons. The first-order chi connectivity index (χ1) is 13.0. The molecule has 1 aliphatic carbocycles. The molecule has 0 saturated heterocycles.